The Hall–Kier alpha value is -1.10. The van der Waals surface area contributed by atoms with E-state index < -0.39 is 5.41 Å². The number of nitrogens with zero attached hydrogens (tertiary/aromatic N) is 1. The van der Waals surface area contributed by atoms with Crippen LogP contribution in [0.3, 0.4) is 0 Å². The second-order valence-corrected chi connectivity index (χ2v) is 8.31. The average molecular weight is 398 g/mol. The molecule has 5 heteroatoms. The normalized spacial score (nSPS) is 11.6. The van der Waals surface area contributed by atoms with Gasteiger partial charge in [-0.25, -0.2) is 0 Å². The molecule has 2 radical (unpaired) electrons. The molecule has 0 aliphatic rings. The van der Waals surface area contributed by atoms with Crippen LogP contribution in [-0.4, -0.2) is 50.7 Å². The molecule has 0 aromatic rings. The van der Waals surface area contributed by atoms with E-state index in [4.69, 9.17) is 9.47 Å². The van der Waals surface area contributed by atoms with Crippen molar-refractivity contribution in [3.8, 4) is 0 Å². The van der Waals surface area contributed by atoms with E-state index in [1.54, 1.807) is 0 Å². The van der Waals surface area contributed by atoms with Gasteiger partial charge in [0.1, 0.15) is 13.2 Å². The van der Waals surface area contributed by atoms with Crippen LogP contribution in [0.1, 0.15) is 84.0 Å². The summed E-state index contributed by atoms with van der Waals surface area (Å²) >= 11 is 0. The molecule has 164 valence electrons. The maximum atomic E-state index is 11.8. The van der Waals surface area contributed by atoms with Crippen LogP contribution >= 0.6 is 0 Å². The first kappa shape index (κ1) is 26.9. The summed E-state index contributed by atoms with van der Waals surface area (Å²) in [6, 6.07) is 0. The molecule has 0 aromatic carbocycles. The van der Waals surface area contributed by atoms with Crippen molar-refractivity contribution in [2.45, 2.75) is 84.0 Å². The monoisotopic (exact) mass is 397 g/mol. The van der Waals surface area contributed by atoms with Gasteiger partial charge in [-0.2, -0.15) is 0 Å². The highest BCUT2D eigenvalue weighted by Gasteiger charge is 2.23. The number of hydrogen-bond acceptors (Lipinski definition) is 5. The molecule has 0 atom stereocenters. The standard InChI is InChI=1S/C23H43NO4/c1-6-7-8-9-10-11-12-13-14-16-21(25)27-19-23(2,3)20-28-22(26)17-15-18-24(4)5/h2-3,6-20H2,1,4-5H3. The number of ether oxygens (including phenoxy) is 2. The minimum atomic E-state index is -0.856. The summed E-state index contributed by atoms with van der Waals surface area (Å²) in [5.74, 6) is -0.489. The van der Waals surface area contributed by atoms with E-state index in [0.29, 0.717) is 12.8 Å². The fourth-order valence-electron chi connectivity index (χ4n) is 2.77. The van der Waals surface area contributed by atoms with Crippen LogP contribution in [0.25, 0.3) is 0 Å². The van der Waals surface area contributed by atoms with Gasteiger partial charge in [0.15, 0.2) is 0 Å². The lowest BCUT2D eigenvalue weighted by Gasteiger charge is -2.23. The van der Waals surface area contributed by atoms with Gasteiger partial charge in [-0.3, -0.25) is 9.59 Å². The first-order valence-electron chi connectivity index (χ1n) is 10.9. The molecule has 0 rings (SSSR count). The van der Waals surface area contributed by atoms with E-state index in [0.717, 1.165) is 25.8 Å². The summed E-state index contributed by atoms with van der Waals surface area (Å²) in [5.41, 5.74) is -0.856. The predicted molar refractivity (Wildman–Crippen MR) is 115 cm³/mol. The quantitative estimate of drug-likeness (QED) is 0.241. The maximum absolute atomic E-state index is 11.8. The number of rotatable bonds is 18. The number of esters is 2. The molecule has 0 heterocycles. The van der Waals surface area contributed by atoms with Gasteiger partial charge >= 0.3 is 11.9 Å². The van der Waals surface area contributed by atoms with E-state index in [9.17, 15) is 9.59 Å². The SMILES string of the molecule is [CH2]C([CH2])(COC(=O)CCCCCCCCCCC)COC(=O)CCCN(C)C. The van der Waals surface area contributed by atoms with Crippen LogP contribution < -0.4 is 0 Å². The highest BCUT2D eigenvalue weighted by atomic mass is 16.5. The van der Waals surface area contributed by atoms with Crippen LogP contribution in [-0.2, 0) is 19.1 Å². The summed E-state index contributed by atoms with van der Waals surface area (Å²) in [4.78, 5) is 25.6. The second-order valence-electron chi connectivity index (χ2n) is 8.31. The Labute approximate surface area is 173 Å². The summed E-state index contributed by atoms with van der Waals surface area (Å²) in [5, 5.41) is 0. The second kappa shape index (κ2) is 16.8. The van der Waals surface area contributed by atoms with E-state index >= 15 is 0 Å². The molecule has 0 fully saturated rings. The molecule has 0 N–H and O–H groups in total. The van der Waals surface area contributed by atoms with Crippen LogP contribution in [0.2, 0.25) is 0 Å². The smallest absolute Gasteiger partial charge is 0.305 e. The molecule has 0 amide bonds. The summed E-state index contributed by atoms with van der Waals surface area (Å²) in [7, 11) is 3.93. The van der Waals surface area contributed by atoms with Crippen LogP contribution in [0.5, 0.6) is 0 Å². The molecule has 0 saturated carbocycles. The van der Waals surface area contributed by atoms with Gasteiger partial charge in [0.25, 0.3) is 0 Å². The van der Waals surface area contributed by atoms with Crippen molar-refractivity contribution < 1.29 is 19.1 Å². The van der Waals surface area contributed by atoms with Crippen LogP contribution in [0.15, 0.2) is 0 Å². The zero-order valence-corrected chi connectivity index (χ0v) is 18.6. The Morgan fingerprint density at radius 1 is 0.750 bits per heavy atom. The molecule has 0 spiro atoms. The Balaban J connectivity index is 3.68. The molecule has 0 aliphatic heterocycles. The third-order valence-corrected chi connectivity index (χ3v) is 4.55. The Morgan fingerprint density at radius 3 is 1.64 bits per heavy atom. The van der Waals surface area contributed by atoms with Gasteiger partial charge in [0.05, 0.1) is 0 Å². The zero-order valence-electron chi connectivity index (χ0n) is 18.6. The fourth-order valence-corrected chi connectivity index (χ4v) is 2.77. The van der Waals surface area contributed by atoms with Gasteiger partial charge in [-0.05, 0) is 47.3 Å². The lowest BCUT2D eigenvalue weighted by molar-refractivity contribution is -0.150. The minimum absolute atomic E-state index is 0.0547. The van der Waals surface area contributed by atoms with Gasteiger partial charge in [-0.1, -0.05) is 58.3 Å². The lowest BCUT2D eigenvalue weighted by atomic mass is 9.96. The third-order valence-electron chi connectivity index (χ3n) is 4.55. The summed E-state index contributed by atoms with van der Waals surface area (Å²) in [6.45, 7) is 11.0. The first-order valence-corrected chi connectivity index (χ1v) is 10.9. The zero-order chi connectivity index (χ0) is 21.3. The number of hydrogen-bond donors (Lipinski definition) is 0. The van der Waals surface area contributed by atoms with Crippen molar-refractivity contribution in [2.24, 2.45) is 5.41 Å². The molecule has 0 aliphatic carbocycles. The Bertz CT molecular complexity index is 407. The topological polar surface area (TPSA) is 55.8 Å². The van der Waals surface area contributed by atoms with Crippen LogP contribution in [0.4, 0.5) is 0 Å². The number of unbranched alkanes of at least 4 members (excludes halogenated alkanes) is 8. The van der Waals surface area contributed by atoms with E-state index in [2.05, 4.69) is 20.8 Å². The highest BCUT2D eigenvalue weighted by molar-refractivity contribution is 5.69. The summed E-state index contributed by atoms with van der Waals surface area (Å²) < 4.78 is 10.5. The molecular formula is C23H43NO4. The van der Waals surface area contributed by atoms with Crippen molar-refractivity contribution in [3.05, 3.63) is 13.8 Å². The fraction of sp³-hybridized carbons (Fsp3) is 0.826. The highest BCUT2D eigenvalue weighted by Crippen LogP contribution is 2.16. The van der Waals surface area contributed by atoms with Crippen molar-refractivity contribution in [1.82, 2.24) is 4.90 Å². The Kier molecular flexibility index (Phi) is 16.2. The molecule has 0 unspecified atom stereocenters. The molecule has 0 aromatic heterocycles. The minimum Gasteiger partial charge on any atom is -0.465 e. The molecule has 28 heavy (non-hydrogen) atoms. The largest absolute Gasteiger partial charge is 0.465 e. The molecule has 0 saturated heterocycles. The van der Waals surface area contributed by atoms with E-state index in [1.807, 2.05) is 19.0 Å². The van der Waals surface area contributed by atoms with E-state index in [1.165, 1.54) is 44.9 Å². The van der Waals surface area contributed by atoms with Crippen molar-refractivity contribution in [3.63, 3.8) is 0 Å². The van der Waals surface area contributed by atoms with E-state index in [-0.39, 0.29) is 25.2 Å². The molecular weight excluding hydrogens is 354 g/mol. The Morgan fingerprint density at radius 2 is 1.18 bits per heavy atom. The third kappa shape index (κ3) is 18.3. The molecule has 0 bridgehead atoms. The molecule has 5 nitrogen and oxygen atoms in total. The van der Waals surface area contributed by atoms with Crippen LogP contribution in [0, 0.1) is 19.3 Å². The van der Waals surface area contributed by atoms with Gasteiger partial charge in [-0.15, -0.1) is 0 Å². The van der Waals surface area contributed by atoms with Gasteiger partial charge in [0.2, 0.25) is 0 Å². The van der Waals surface area contributed by atoms with Gasteiger partial charge < -0.3 is 14.4 Å². The average Bonchev–Trinajstić information content (AvgIpc) is 2.63. The first-order chi connectivity index (χ1) is 13.3. The van der Waals surface area contributed by atoms with Crippen molar-refractivity contribution >= 4 is 11.9 Å². The maximum Gasteiger partial charge on any atom is 0.305 e. The van der Waals surface area contributed by atoms with Crippen molar-refractivity contribution in [1.29, 1.82) is 0 Å². The van der Waals surface area contributed by atoms with Crippen molar-refractivity contribution in [2.75, 3.05) is 33.9 Å². The lowest BCUT2D eigenvalue weighted by Crippen LogP contribution is -2.29. The number of carbonyl (C=O) groups excluding carboxylic acids is 2. The summed E-state index contributed by atoms with van der Waals surface area (Å²) in [6.07, 6.45) is 12.5. The number of carbonyl (C=O) groups is 2. The van der Waals surface area contributed by atoms with Gasteiger partial charge in [0, 0.05) is 18.3 Å². The predicted octanol–water partition coefficient (Wildman–Crippen LogP) is 4.99.